The second-order valence-corrected chi connectivity index (χ2v) is 4.09. The summed E-state index contributed by atoms with van der Waals surface area (Å²) in [6.07, 6.45) is 4.19. The van der Waals surface area contributed by atoms with Crippen LogP contribution >= 0.6 is 0 Å². The molecule has 1 aliphatic rings. The molecule has 90 valence electrons. The van der Waals surface area contributed by atoms with Gasteiger partial charge in [-0.15, -0.1) is 0 Å². The van der Waals surface area contributed by atoms with Gasteiger partial charge in [0, 0.05) is 18.9 Å². The highest BCUT2D eigenvalue weighted by Crippen LogP contribution is 2.07. The number of nitrogens with zero attached hydrogens (tertiary/aromatic N) is 2. The molecule has 1 N–H and O–H groups in total. The van der Waals surface area contributed by atoms with Gasteiger partial charge in [-0.3, -0.25) is 14.6 Å². The zero-order chi connectivity index (χ0) is 12.3. The molecule has 1 aromatic heterocycles. The normalized spacial score (nSPS) is 20.3. The van der Waals surface area contributed by atoms with E-state index in [9.17, 15) is 9.59 Å². The number of nitrogens with one attached hydrogen (secondary N) is 1. The third-order valence-electron chi connectivity index (χ3n) is 2.97. The van der Waals surface area contributed by atoms with Crippen molar-refractivity contribution in [2.75, 3.05) is 13.1 Å². The van der Waals surface area contributed by atoms with Crippen LogP contribution in [0.25, 0.3) is 0 Å². The molecule has 0 radical (unpaired) electrons. The van der Waals surface area contributed by atoms with E-state index in [1.54, 1.807) is 24.2 Å². The number of pyridine rings is 1. The Labute approximate surface area is 99.8 Å². The molecule has 17 heavy (non-hydrogen) atoms. The quantitative estimate of drug-likeness (QED) is 0.797. The molecule has 1 saturated heterocycles. The van der Waals surface area contributed by atoms with Crippen molar-refractivity contribution >= 4 is 11.8 Å². The maximum atomic E-state index is 11.7. The molecule has 5 nitrogen and oxygen atoms in total. The highest BCUT2D eigenvalue weighted by molar-refractivity contribution is 5.94. The lowest BCUT2D eigenvalue weighted by Gasteiger charge is -2.32. The van der Waals surface area contributed by atoms with Crippen LogP contribution < -0.4 is 5.32 Å². The van der Waals surface area contributed by atoms with Crippen LogP contribution in [0.3, 0.4) is 0 Å². The molecule has 2 amide bonds. The smallest absolute Gasteiger partial charge is 0.242 e. The lowest BCUT2D eigenvalue weighted by molar-refractivity contribution is -0.144. The average molecular weight is 233 g/mol. The first-order chi connectivity index (χ1) is 8.18. The highest BCUT2D eigenvalue weighted by atomic mass is 16.2. The summed E-state index contributed by atoms with van der Waals surface area (Å²) >= 11 is 0. The number of carbonyl (C=O) groups is 2. The molecule has 0 aliphatic carbocycles. The third-order valence-corrected chi connectivity index (χ3v) is 2.97. The summed E-state index contributed by atoms with van der Waals surface area (Å²) in [6.45, 7) is 2.43. The van der Waals surface area contributed by atoms with E-state index in [0.717, 1.165) is 12.0 Å². The Hall–Kier alpha value is -1.91. The fourth-order valence-electron chi connectivity index (χ4n) is 1.89. The van der Waals surface area contributed by atoms with E-state index in [1.807, 2.05) is 12.1 Å². The minimum atomic E-state index is -0.377. The predicted octanol–water partition coefficient (Wildman–Crippen LogP) is -0.0290. The van der Waals surface area contributed by atoms with Crippen molar-refractivity contribution in [1.82, 2.24) is 15.2 Å². The van der Waals surface area contributed by atoms with Crippen molar-refractivity contribution in [2.45, 2.75) is 19.4 Å². The van der Waals surface area contributed by atoms with Gasteiger partial charge in [0.05, 0.1) is 6.54 Å². The first-order valence-corrected chi connectivity index (χ1v) is 5.64. The number of hydrogen-bond acceptors (Lipinski definition) is 3. The summed E-state index contributed by atoms with van der Waals surface area (Å²) in [5.74, 6) is -0.106. The van der Waals surface area contributed by atoms with Crippen LogP contribution in [0.1, 0.15) is 12.5 Å². The van der Waals surface area contributed by atoms with E-state index in [4.69, 9.17) is 0 Å². The van der Waals surface area contributed by atoms with Crippen LogP contribution in [-0.4, -0.2) is 40.8 Å². The van der Waals surface area contributed by atoms with Crippen molar-refractivity contribution in [2.24, 2.45) is 0 Å². The Morgan fingerprint density at radius 1 is 1.41 bits per heavy atom. The SMILES string of the molecule is CC1C(=O)NCC(=O)N1CCc1ccncc1. The molecular formula is C12H15N3O2. The van der Waals surface area contributed by atoms with E-state index >= 15 is 0 Å². The molecule has 1 aliphatic heterocycles. The van der Waals surface area contributed by atoms with Crippen LogP contribution in [0.2, 0.25) is 0 Å². The fraction of sp³-hybridized carbons (Fsp3) is 0.417. The Morgan fingerprint density at radius 2 is 2.12 bits per heavy atom. The summed E-state index contributed by atoms with van der Waals surface area (Å²) in [5.41, 5.74) is 1.12. The van der Waals surface area contributed by atoms with Gasteiger partial charge in [0.1, 0.15) is 6.04 Å². The molecule has 0 spiro atoms. The van der Waals surface area contributed by atoms with Gasteiger partial charge < -0.3 is 10.2 Å². The maximum Gasteiger partial charge on any atom is 0.242 e. The summed E-state index contributed by atoms with van der Waals surface area (Å²) < 4.78 is 0. The number of aromatic nitrogens is 1. The molecule has 0 bridgehead atoms. The Kier molecular flexibility index (Phi) is 3.37. The standard InChI is InChI=1S/C12H15N3O2/c1-9-12(17)14-8-11(16)15(9)7-4-10-2-5-13-6-3-10/h2-3,5-6,9H,4,7-8H2,1H3,(H,14,17). The zero-order valence-corrected chi connectivity index (χ0v) is 9.72. The summed E-state index contributed by atoms with van der Waals surface area (Å²) in [5, 5.41) is 2.57. The largest absolute Gasteiger partial charge is 0.345 e. The van der Waals surface area contributed by atoms with Crippen LogP contribution in [0.5, 0.6) is 0 Å². The van der Waals surface area contributed by atoms with Gasteiger partial charge in [-0.05, 0) is 31.0 Å². The van der Waals surface area contributed by atoms with E-state index in [1.165, 1.54) is 0 Å². The van der Waals surface area contributed by atoms with E-state index in [2.05, 4.69) is 10.3 Å². The molecule has 1 fully saturated rings. The number of piperazine rings is 1. The first kappa shape index (κ1) is 11.6. The molecular weight excluding hydrogens is 218 g/mol. The Bertz CT molecular complexity index is 419. The van der Waals surface area contributed by atoms with Gasteiger partial charge in [-0.2, -0.15) is 0 Å². The first-order valence-electron chi connectivity index (χ1n) is 5.64. The van der Waals surface area contributed by atoms with Crippen molar-refractivity contribution in [3.8, 4) is 0 Å². The van der Waals surface area contributed by atoms with Gasteiger partial charge in [-0.1, -0.05) is 0 Å². The summed E-state index contributed by atoms with van der Waals surface area (Å²) in [7, 11) is 0. The lowest BCUT2D eigenvalue weighted by atomic mass is 10.1. The predicted molar refractivity (Wildman–Crippen MR) is 62.1 cm³/mol. The molecule has 5 heteroatoms. The van der Waals surface area contributed by atoms with Crippen molar-refractivity contribution < 1.29 is 9.59 Å². The number of carbonyl (C=O) groups excluding carboxylic acids is 2. The number of amides is 2. The molecule has 1 atom stereocenters. The zero-order valence-electron chi connectivity index (χ0n) is 9.72. The van der Waals surface area contributed by atoms with Crippen LogP contribution in [0.15, 0.2) is 24.5 Å². The minimum absolute atomic E-state index is 0.0221. The second kappa shape index (κ2) is 4.95. The van der Waals surface area contributed by atoms with Gasteiger partial charge in [-0.25, -0.2) is 0 Å². The molecule has 1 unspecified atom stereocenters. The molecule has 0 saturated carbocycles. The van der Waals surface area contributed by atoms with Gasteiger partial charge in [0.25, 0.3) is 0 Å². The summed E-state index contributed by atoms with van der Waals surface area (Å²) in [4.78, 5) is 28.7. The monoisotopic (exact) mass is 233 g/mol. The van der Waals surface area contributed by atoms with Crippen LogP contribution in [0.4, 0.5) is 0 Å². The van der Waals surface area contributed by atoms with E-state index in [0.29, 0.717) is 6.54 Å². The van der Waals surface area contributed by atoms with Gasteiger partial charge >= 0.3 is 0 Å². The second-order valence-electron chi connectivity index (χ2n) is 4.09. The highest BCUT2D eigenvalue weighted by Gasteiger charge is 2.30. The maximum absolute atomic E-state index is 11.7. The molecule has 1 aromatic rings. The van der Waals surface area contributed by atoms with Crippen molar-refractivity contribution in [3.63, 3.8) is 0 Å². The number of hydrogen-bond donors (Lipinski definition) is 1. The van der Waals surface area contributed by atoms with E-state index < -0.39 is 0 Å². The Morgan fingerprint density at radius 3 is 2.82 bits per heavy atom. The van der Waals surface area contributed by atoms with E-state index in [-0.39, 0.29) is 24.4 Å². The lowest BCUT2D eigenvalue weighted by Crippen LogP contribution is -2.57. The molecule has 2 heterocycles. The van der Waals surface area contributed by atoms with Crippen molar-refractivity contribution in [1.29, 1.82) is 0 Å². The average Bonchev–Trinajstić information content (AvgIpc) is 2.35. The summed E-state index contributed by atoms with van der Waals surface area (Å²) in [6, 6.07) is 3.45. The van der Waals surface area contributed by atoms with Gasteiger partial charge in [0.15, 0.2) is 0 Å². The fourth-order valence-corrected chi connectivity index (χ4v) is 1.89. The van der Waals surface area contributed by atoms with Crippen molar-refractivity contribution in [3.05, 3.63) is 30.1 Å². The topological polar surface area (TPSA) is 62.3 Å². The Balaban J connectivity index is 1.98. The van der Waals surface area contributed by atoms with Crippen LogP contribution in [-0.2, 0) is 16.0 Å². The molecule has 0 aromatic carbocycles. The third kappa shape index (κ3) is 2.61. The molecule has 2 rings (SSSR count). The van der Waals surface area contributed by atoms with Gasteiger partial charge in [0.2, 0.25) is 11.8 Å². The number of rotatable bonds is 3. The van der Waals surface area contributed by atoms with Crippen LogP contribution in [0, 0.1) is 0 Å². The minimum Gasteiger partial charge on any atom is -0.345 e.